The Balaban J connectivity index is 2.23. The molecule has 0 radical (unpaired) electrons. The normalized spacial score (nSPS) is 21.0. The van der Waals surface area contributed by atoms with Gasteiger partial charge in [0.15, 0.2) is 0 Å². The summed E-state index contributed by atoms with van der Waals surface area (Å²) < 4.78 is 26.7. The summed E-state index contributed by atoms with van der Waals surface area (Å²) in [5.74, 6) is 0.687. The molecule has 0 fully saturated rings. The highest BCUT2D eigenvalue weighted by Gasteiger charge is 2.28. The monoisotopic (exact) mass is 325 g/mol. The first-order valence-corrected chi connectivity index (χ1v) is 9.16. The zero-order chi connectivity index (χ0) is 16.5. The number of rotatable bonds is 4. The summed E-state index contributed by atoms with van der Waals surface area (Å²) in [5, 5.41) is 0. The van der Waals surface area contributed by atoms with Gasteiger partial charge in [-0.3, -0.25) is 4.79 Å². The fourth-order valence-corrected chi connectivity index (χ4v) is 3.44. The zero-order valence-corrected chi connectivity index (χ0v) is 14.3. The van der Waals surface area contributed by atoms with Gasteiger partial charge in [0, 0.05) is 25.3 Å². The number of carbonyl (C=O) groups is 1. The van der Waals surface area contributed by atoms with Crippen LogP contribution >= 0.6 is 0 Å². The predicted octanol–water partition coefficient (Wildman–Crippen LogP) is 1.38. The number of hydrogen-bond acceptors (Lipinski definition) is 4. The number of amidine groups is 1. The lowest BCUT2D eigenvalue weighted by Gasteiger charge is -2.33. The quantitative estimate of drug-likeness (QED) is 0.783. The number of sulfonamides is 1. The first-order valence-electron chi connectivity index (χ1n) is 7.55. The van der Waals surface area contributed by atoms with Crippen LogP contribution in [0.5, 0.6) is 0 Å². The summed E-state index contributed by atoms with van der Waals surface area (Å²) in [6.07, 6.45) is 4.94. The lowest BCUT2D eigenvalue weighted by Crippen LogP contribution is -2.43. The lowest BCUT2D eigenvalue weighted by atomic mass is 10.0. The Bertz CT molecular complexity index is 647. The van der Waals surface area contributed by atoms with Crippen molar-refractivity contribution in [3.05, 3.63) is 23.9 Å². The fraction of sp³-hybridized carbons (Fsp3) is 0.600. The van der Waals surface area contributed by atoms with Gasteiger partial charge in [-0.1, -0.05) is 13.8 Å². The number of hydrogen-bond donors (Lipinski definition) is 0. The van der Waals surface area contributed by atoms with Gasteiger partial charge < -0.3 is 9.80 Å². The van der Waals surface area contributed by atoms with Crippen molar-refractivity contribution in [3.8, 4) is 0 Å². The van der Waals surface area contributed by atoms with Crippen molar-refractivity contribution in [2.24, 2.45) is 10.3 Å². The van der Waals surface area contributed by atoms with Crippen molar-refractivity contribution in [1.82, 2.24) is 9.80 Å². The molecule has 0 N–H and O–H groups in total. The first-order chi connectivity index (χ1) is 10.2. The van der Waals surface area contributed by atoms with E-state index in [9.17, 15) is 13.2 Å². The number of fused-ring (bicyclic) bond motifs is 1. The molecule has 2 aliphatic rings. The molecule has 1 amide bonds. The maximum absolute atomic E-state index is 12.7. The highest BCUT2D eigenvalue weighted by atomic mass is 32.2. The maximum atomic E-state index is 12.7. The Labute approximate surface area is 132 Å². The van der Waals surface area contributed by atoms with E-state index in [1.807, 2.05) is 18.7 Å². The van der Waals surface area contributed by atoms with Gasteiger partial charge in [0.1, 0.15) is 5.84 Å². The minimum absolute atomic E-state index is 0.0256. The van der Waals surface area contributed by atoms with Crippen LogP contribution in [-0.4, -0.2) is 54.8 Å². The Morgan fingerprint density at radius 2 is 2.05 bits per heavy atom. The summed E-state index contributed by atoms with van der Waals surface area (Å²) in [4.78, 5) is 16.3. The zero-order valence-electron chi connectivity index (χ0n) is 13.5. The van der Waals surface area contributed by atoms with Gasteiger partial charge in [-0.05, 0) is 31.9 Å². The molecular weight excluding hydrogens is 302 g/mol. The van der Waals surface area contributed by atoms with Gasteiger partial charge in [-0.2, -0.15) is 0 Å². The molecule has 0 saturated carbocycles. The molecule has 2 aliphatic heterocycles. The van der Waals surface area contributed by atoms with Crippen LogP contribution in [-0.2, 0) is 14.8 Å². The van der Waals surface area contributed by atoms with E-state index < -0.39 is 10.0 Å². The SMILES string of the molecule is CCN(C(=O)C1=CN2CCS(=O)(=O)N=C2C=C1)C(C)C(C)C. The molecule has 0 aromatic heterocycles. The number of likely N-dealkylation sites (N-methyl/N-ethyl adjacent to an activating group) is 1. The van der Waals surface area contributed by atoms with Crippen molar-refractivity contribution in [1.29, 1.82) is 0 Å². The van der Waals surface area contributed by atoms with Crippen LogP contribution in [0.3, 0.4) is 0 Å². The third-order valence-corrected chi connectivity index (χ3v) is 5.29. The summed E-state index contributed by atoms with van der Waals surface area (Å²) in [6, 6.07) is 0.142. The van der Waals surface area contributed by atoms with E-state index in [2.05, 4.69) is 18.2 Å². The van der Waals surface area contributed by atoms with Crippen molar-refractivity contribution >= 4 is 21.8 Å². The summed E-state index contributed by atoms with van der Waals surface area (Å²) in [7, 11) is -3.37. The molecule has 0 aromatic carbocycles. The lowest BCUT2D eigenvalue weighted by molar-refractivity contribution is -0.129. The van der Waals surface area contributed by atoms with Crippen molar-refractivity contribution in [3.63, 3.8) is 0 Å². The third-order valence-electron chi connectivity index (χ3n) is 4.13. The molecule has 7 heteroatoms. The molecule has 2 rings (SSSR count). The molecule has 1 atom stereocenters. The molecule has 1 unspecified atom stereocenters. The van der Waals surface area contributed by atoms with Gasteiger partial charge in [-0.25, -0.2) is 8.42 Å². The van der Waals surface area contributed by atoms with Crippen molar-refractivity contribution < 1.29 is 13.2 Å². The summed E-state index contributed by atoms with van der Waals surface area (Å²) >= 11 is 0. The number of nitrogens with zero attached hydrogens (tertiary/aromatic N) is 3. The van der Waals surface area contributed by atoms with Crippen LogP contribution in [0.4, 0.5) is 0 Å². The fourth-order valence-electron chi connectivity index (χ4n) is 2.47. The second kappa shape index (κ2) is 6.24. The van der Waals surface area contributed by atoms with Crippen LogP contribution in [0.15, 0.2) is 28.3 Å². The van der Waals surface area contributed by atoms with Crippen LogP contribution in [0.2, 0.25) is 0 Å². The van der Waals surface area contributed by atoms with E-state index in [0.717, 1.165) is 0 Å². The molecule has 22 heavy (non-hydrogen) atoms. The average molecular weight is 325 g/mol. The standard InChI is InChI=1S/C15H23N3O3S/c1-5-18(12(4)11(2)3)15(19)13-6-7-14-16-22(20,21)9-8-17(14)10-13/h6-7,10-12H,5,8-9H2,1-4H3. The van der Waals surface area contributed by atoms with E-state index in [4.69, 9.17) is 0 Å². The molecule has 6 nitrogen and oxygen atoms in total. The topological polar surface area (TPSA) is 70.1 Å². The Morgan fingerprint density at radius 1 is 1.36 bits per heavy atom. The average Bonchev–Trinajstić information content (AvgIpc) is 2.46. The van der Waals surface area contributed by atoms with Crippen LogP contribution < -0.4 is 0 Å². The largest absolute Gasteiger partial charge is 0.336 e. The Morgan fingerprint density at radius 3 is 2.64 bits per heavy atom. The molecular formula is C15H23N3O3S. The summed E-state index contributed by atoms with van der Waals surface area (Å²) in [5.41, 5.74) is 0.563. The second-order valence-corrected chi connectivity index (χ2v) is 7.68. The predicted molar refractivity (Wildman–Crippen MR) is 86.8 cm³/mol. The molecule has 0 spiro atoms. The van der Waals surface area contributed by atoms with E-state index in [1.165, 1.54) is 0 Å². The molecule has 0 bridgehead atoms. The van der Waals surface area contributed by atoms with Crippen LogP contribution in [0.25, 0.3) is 0 Å². The van der Waals surface area contributed by atoms with Gasteiger partial charge in [0.05, 0.1) is 11.3 Å². The Kier molecular flexibility index (Phi) is 4.75. The maximum Gasteiger partial charge on any atom is 0.256 e. The van der Waals surface area contributed by atoms with Gasteiger partial charge in [-0.15, -0.1) is 4.40 Å². The van der Waals surface area contributed by atoms with E-state index in [0.29, 0.717) is 30.4 Å². The Hall–Kier alpha value is -1.63. The van der Waals surface area contributed by atoms with Crippen molar-refractivity contribution in [2.45, 2.75) is 33.7 Å². The highest BCUT2D eigenvalue weighted by Crippen LogP contribution is 2.19. The minimum Gasteiger partial charge on any atom is -0.336 e. The third kappa shape index (κ3) is 3.40. The van der Waals surface area contributed by atoms with Gasteiger partial charge in [0.2, 0.25) is 0 Å². The second-order valence-electron chi connectivity index (χ2n) is 5.92. The van der Waals surface area contributed by atoms with Crippen LogP contribution in [0.1, 0.15) is 27.7 Å². The first kappa shape index (κ1) is 16.7. The highest BCUT2D eigenvalue weighted by molar-refractivity contribution is 7.90. The molecule has 0 aliphatic carbocycles. The van der Waals surface area contributed by atoms with Gasteiger partial charge in [0.25, 0.3) is 15.9 Å². The van der Waals surface area contributed by atoms with Crippen LogP contribution in [0, 0.1) is 5.92 Å². The van der Waals surface area contributed by atoms with E-state index in [1.54, 1.807) is 23.3 Å². The smallest absolute Gasteiger partial charge is 0.256 e. The number of carbonyl (C=O) groups excluding carboxylic acids is 1. The molecule has 2 heterocycles. The van der Waals surface area contributed by atoms with E-state index >= 15 is 0 Å². The van der Waals surface area contributed by atoms with E-state index in [-0.39, 0.29) is 17.7 Å². The molecule has 0 saturated heterocycles. The van der Waals surface area contributed by atoms with Crippen molar-refractivity contribution in [2.75, 3.05) is 18.8 Å². The number of amides is 1. The van der Waals surface area contributed by atoms with Gasteiger partial charge >= 0.3 is 0 Å². The molecule has 122 valence electrons. The molecule has 0 aromatic rings. The minimum atomic E-state index is -3.37. The summed E-state index contributed by atoms with van der Waals surface area (Å²) in [6.45, 7) is 9.15.